The maximum atomic E-state index is 14.2. The number of hydrogen-bond donors (Lipinski definition) is 2. The number of aromatic nitrogens is 2. The van der Waals surface area contributed by atoms with Crippen LogP contribution in [0.5, 0.6) is 5.75 Å². The molecule has 0 atom stereocenters. The fourth-order valence-electron chi connectivity index (χ4n) is 4.78. The standard InChI is InChI=1S/C23H20FN3O2/c1-29-19-5-3-12(8-16(19)24)17-9-15-13(11-25-17)2-4-14-20-18(26-21(14)15)10-23(6-7-23)27-22(20)28/h3,5,8-9,11,26H,2,4,6-7,10H2,1H3,(H,27,28). The van der Waals surface area contributed by atoms with Crippen molar-refractivity contribution in [1.29, 1.82) is 0 Å². The zero-order valence-electron chi connectivity index (χ0n) is 16.1. The molecule has 29 heavy (non-hydrogen) atoms. The van der Waals surface area contributed by atoms with Crippen LogP contribution in [-0.4, -0.2) is 28.5 Å². The van der Waals surface area contributed by atoms with Gasteiger partial charge in [-0.25, -0.2) is 4.39 Å². The van der Waals surface area contributed by atoms with Gasteiger partial charge in [-0.2, -0.15) is 0 Å². The smallest absolute Gasteiger partial charge is 0.253 e. The van der Waals surface area contributed by atoms with Crippen molar-refractivity contribution in [2.24, 2.45) is 0 Å². The van der Waals surface area contributed by atoms with Crippen LogP contribution in [0, 0.1) is 5.82 Å². The summed E-state index contributed by atoms with van der Waals surface area (Å²) < 4.78 is 19.2. The molecule has 3 aromatic rings. The van der Waals surface area contributed by atoms with Crippen molar-refractivity contribution < 1.29 is 13.9 Å². The molecule has 5 nitrogen and oxygen atoms in total. The molecule has 1 aromatic carbocycles. The van der Waals surface area contributed by atoms with E-state index in [1.807, 2.05) is 18.3 Å². The minimum absolute atomic E-state index is 0.0234. The zero-order valence-corrected chi connectivity index (χ0v) is 16.1. The summed E-state index contributed by atoms with van der Waals surface area (Å²) in [6, 6.07) is 6.87. The number of halogens is 1. The van der Waals surface area contributed by atoms with Gasteiger partial charge in [0.15, 0.2) is 11.6 Å². The Kier molecular flexibility index (Phi) is 3.29. The summed E-state index contributed by atoms with van der Waals surface area (Å²) in [5, 5.41) is 3.21. The van der Waals surface area contributed by atoms with Crippen LogP contribution in [-0.2, 0) is 19.3 Å². The maximum Gasteiger partial charge on any atom is 0.253 e. The Morgan fingerprint density at radius 3 is 2.83 bits per heavy atom. The van der Waals surface area contributed by atoms with Crippen molar-refractivity contribution in [1.82, 2.24) is 15.3 Å². The maximum absolute atomic E-state index is 14.2. The van der Waals surface area contributed by atoms with Gasteiger partial charge in [0.25, 0.3) is 5.91 Å². The van der Waals surface area contributed by atoms with E-state index < -0.39 is 5.82 Å². The molecule has 3 heterocycles. The van der Waals surface area contributed by atoms with E-state index in [9.17, 15) is 9.18 Å². The molecule has 6 heteroatoms. The third kappa shape index (κ3) is 2.44. The normalized spacial score (nSPS) is 17.9. The second-order valence-electron chi connectivity index (χ2n) is 8.32. The van der Waals surface area contributed by atoms with Crippen molar-refractivity contribution in [3.05, 3.63) is 58.7 Å². The average Bonchev–Trinajstić information content (AvgIpc) is 3.33. The lowest BCUT2D eigenvalue weighted by molar-refractivity contribution is 0.0917. The molecule has 146 valence electrons. The lowest BCUT2D eigenvalue weighted by Gasteiger charge is -2.24. The molecule has 1 fully saturated rings. The first kappa shape index (κ1) is 16.8. The predicted octanol–water partition coefficient (Wildman–Crippen LogP) is 3.81. The number of nitrogens with one attached hydrogen (secondary N) is 2. The van der Waals surface area contributed by atoms with Crippen LogP contribution >= 0.6 is 0 Å². The van der Waals surface area contributed by atoms with E-state index in [-0.39, 0.29) is 17.2 Å². The highest BCUT2D eigenvalue weighted by molar-refractivity contribution is 6.01. The van der Waals surface area contributed by atoms with Crippen LogP contribution in [0.1, 0.15) is 40.0 Å². The molecule has 1 amide bonds. The van der Waals surface area contributed by atoms with Crippen molar-refractivity contribution in [2.45, 2.75) is 37.6 Å². The van der Waals surface area contributed by atoms with Crippen LogP contribution in [0.25, 0.3) is 22.5 Å². The van der Waals surface area contributed by atoms with Gasteiger partial charge in [-0.1, -0.05) is 0 Å². The Balaban J connectivity index is 1.47. The zero-order chi connectivity index (χ0) is 19.8. The molecular formula is C23H20FN3O2. The van der Waals surface area contributed by atoms with E-state index >= 15 is 0 Å². The Bertz CT molecular complexity index is 1190. The third-order valence-corrected chi connectivity index (χ3v) is 6.50. The van der Waals surface area contributed by atoms with Gasteiger partial charge in [0.1, 0.15) is 0 Å². The van der Waals surface area contributed by atoms with Crippen molar-refractivity contribution >= 4 is 5.91 Å². The van der Waals surface area contributed by atoms with E-state index in [2.05, 4.69) is 15.3 Å². The molecule has 2 N–H and O–H groups in total. The summed E-state index contributed by atoms with van der Waals surface area (Å²) in [7, 11) is 1.45. The second-order valence-corrected chi connectivity index (χ2v) is 8.32. The molecule has 1 spiro atoms. The number of carbonyl (C=O) groups is 1. The molecule has 0 saturated heterocycles. The molecule has 2 aliphatic carbocycles. The molecule has 3 aliphatic rings. The first-order valence-corrected chi connectivity index (χ1v) is 9.96. The van der Waals surface area contributed by atoms with Gasteiger partial charge in [-0.05, 0) is 61.1 Å². The molecular weight excluding hydrogens is 369 g/mol. The highest BCUT2D eigenvalue weighted by Crippen LogP contribution is 2.45. The van der Waals surface area contributed by atoms with Gasteiger partial charge in [-0.15, -0.1) is 0 Å². The Labute approximate surface area is 167 Å². The Hall–Kier alpha value is -3.15. The van der Waals surface area contributed by atoms with E-state index in [0.29, 0.717) is 11.3 Å². The van der Waals surface area contributed by atoms with E-state index in [4.69, 9.17) is 4.74 Å². The SMILES string of the molecule is COc1ccc(-c2cc3c(cn2)CCc2c-3[nH]c3c2C(=O)NC2(CC2)C3)cc1F. The van der Waals surface area contributed by atoms with Gasteiger partial charge in [0.2, 0.25) is 0 Å². The molecule has 0 bridgehead atoms. The number of methoxy groups -OCH3 is 1. The summed E-state index contributed by atoms with van der Waals surface area (Å²) >= 11 is 0. The molecule has 1 aliphatic heterocycles. The first-order valence-electron chi connectivity index (χ1n) is 9.96. The minimum Gasteiger partial charge on any atom is -0.494 e. The topological polar surface area (TPSA) is 67.0 Å². The van der Waals surface area contributed by atoms with Gasteiger partial charge in [0, 0.05) is 35.0 Å². The number of nitrogens with zero attached hydrogens (tertiary/aromatic N) is 1. The summed E-state index contributed by atoms with van der Waals surface area (Å²) in [5.74, 6) is -0.144. The highest BCUT2D eigenvalue weighted by Gasteiger charge is 2.49. The monoisotopic (exact) mass is 389 g/mol. The van der Waals surface area contributed by atoms with E-state index in [0.717, 1.165) is 65.7 Å². The van der Waals surface area contributed by atoms with Crippen LogP contribution in [0.3, 0.4) is 0 Å². The van der Waals surface area contributed by atoms with Gasteiger partial charge in [-0.3, -0.25) is 9.78 Å². The lowest BCUT2D eigenvalue weighted by Crippen LogP contribution is -2.43. The summed E-state index contributed by atoms with van der Waals surface area (Å²) in [5.41, 5.74) is 7.58. The van der Waals surface area contributed by atoms with E-state index in [1.165, 1.54) is 13.2 Å². The average molecular weight is 389 g/mol. The third-order valence-electron chi connectivity index (χ3n) is 6.50. The number of ether oxygens (including phenoxy) is 1. The predicted molar refractivity (Wildman–Crippen MR) is 107 cm³/mol. The largest absolute Gasteiger partial charge is 0.494 e. The summed E-state index contributed by atoms with van der Waals surface area (Å²) in [6.45, 7) is 0. The number of aryl methyl sites for hydroxylation is 1. The number of rotatable bonds is 2. The first-order chi connectivity index (χ1) is 14.1. The molecule has 2 aromatic heterocycles. The Morgan fingerprint density at radius 1 is 1.21 bits per heavy atom. The minimum atomic E-state index is -0.410. The number of hydrogen-bond acceptors (Lipinski definition) is 3. The summed E-state index contributed by atoms with van der Waals surface area (Å²) in [4.78, 5) is 20.9. The molecule has 6 rings (SSSR count). The van der Waals surface area contributed by atoms with Crippen LogP contribution < -0.4 is 10.1 Å². The van der Waals surface area contributed by atoms with Gasteiger partial charge < -0.3 is 15.0 Å². The fourth-order valence-corrected chi connectivity index (χ4v) is 4.78. The lowest BCUT2D eigenvalue weighted by atomic mass is 9.87. The van der Waals surface area contributed by atoms with Crippen molar-refractivity contribution in [3.63, 3.8) is 0 Å². The van der Waals surface area contributed by atoms with Crippen LogP contribution in [0.4, 0.5) is 4.39 Å². The highest BCUT2D eigenvalue weighted by atomic mass is 19.1. The summed E-state index contributed by atoms with van der Waals surface area (Å²) in [6.07, 6.45) is 6.52. The number of carbonyl (C=O) groups excluding carboxylic acids is 1. The number of benzene rings is 1. The second kappa shape index (κ2) is 5.69. The fraction of sp³-hybridized carbons (Fsp3) is 0.304. The number of H-pyrrole nitrogens is 1. The van der Waals surface area contributed by atoms with Crippen LogP contribution in [0.15, 0.2) is 30.5 Å². The van der Waals surface area contributed by atoms with Crippen molar-refractivity contribution in [2.75, 3.05) is 7.11 Å². The van der Waals surface area contributed by atoms with Gasteiger partial charge >= 0.3 is 0 Å². The number of pyridine rings is 1. The quantitative estimate of drug-likeness (QED) is 0.700. The molecule has 0 radical (unpaired) electrons. The molecule has 1 saturated carbocycles. The van der Waals surface area contributed by atoms with Crippen LogP contribution in [0.2, 0.25) is 0 Å². The molecule has 0 unspecified atom stereocenters. The van der Waals surface area contributed by atoms with Crippen molar-refractivity contribution in [3.8, 4) is 28.3 Å². The van der Waals surface area contributed by atoms with E-state index in [1.54, 1.807) is 6.07 Å². The number of fused-ring (bicyclic) bond motifs is 5. The number of aromatic amines is 1. The number of amides is 1. The Morgan fingerprint density at radius 2 is 2.07 bits per heavy atom. The van der Waals surface area contributed by atoms with Gasteiger partial charge in [0.05, 0.1) is 24.1 Å².